The minimum atomic E-state index is -0.314. The van der Waals surface area contributed by atoms with Crippen LogP contribution >= 0.6 is 11.8 Å². The standard InChI is InChI=1S/C17H21N3O4S/c1-11(13-7-4-8-24-13)18-15(22)10-25-17-19-14(21)9-16(23)20(17)12-5-2-3-6-12/h4,7-9,11-12,21H,2-3,5-6,10H2,1H3,(H,18,22). The van der Waals surface area contributed by atoms with Crippen LogP contribution in [0.4, 0.5) is 0 Å². The number of furan rings is 1. The third-order valence-corrected chi connectivity index (χ3v) is 5.23. The highest BCUT2D eigenvalue weighted by Crippen LogP contribution is 2.31. The Labute approximate surface area is 149 Å². The van der Waals surface area contributed by atoms with Crippen LogP contribution in [-0.2, 0) is 4.79 Å². The van der Waals surface area contributed by atoms with Crippen molar-refractivity contribution in [2.45, 2.75) is 49.8 Å². The molecule has 0 aromatic carbocycles. The van der Waals surface area contributed by atoms with Gasteiger partial charge < -0.3 is 14.8 Å². The number of rotatable bonds is 6. The number of nitrogens with zero attached hydrogens (tertiary/aromatic N) is 2. The molecule has 0 spiro atoms. The van der Waals surface area contributed by atoms with E-state index in [1.807, 2.05) is 6.92 Å². The van der Waals surface area contributed by atoms with E-state index in [0.29, 0.717) is 10.9 Å². The van der Waals surface area contributed by atoms with Crippen molar-refractivity contribution in [1.29, 1.82) is 0 Å². The molecule has 0 aliphatic heterocycles. The molecule has 2 aromatic rings. The number of aromatic nitrogens is 2. The first-order valence-corrected chi connectivity index (χ1v) is 9.31. The molecule has 2 aromatic heterocycles. The smallest absolute Gasteiger partial charge is 0.258 e. The molecule has 7 nitrogen and oxygen atoms in total. The van der Waals surface area contributed by atoms with Gasteiger partial charge in [0.2, 0.25) is 11.8 Å². The number of carbonyl (C=O) groups excluding carboxylic acids is 1. The van der Waals surface area contributed by atoms with Gasteiger partial charge in [0.15, 0.2) is 5.16 Å². The molecule has 0 radical (unpaired) electrons. The van der Waals surface area contributed by atoms with E-state index in [2.05, 4.69) is 10.3 Å². The average molecular weight is 363 g/mol. The van der Waals surface area contributed by atoms with Crippen LogP contribution in [0.2, 0.25) is 0 Å². The van der Waals surface area contributed by atoms with Crippen LogP contribution in [0.5, 0.6) is 5.88 Å². The Morgan fingerprint density at radius 1 is 1.52 bits per heavy atom. The first-order chi connectivity index (χ1) is 12.0. The number of carbonyl (C=O) groups is 1. The molecule has 25 heavy (non-hydrogen) atoms. The lowest BCUT2D eigenvalue weighted by Crippen LogP contribution is -2.29. The van der Waals surface area contributed by atoms with Crippen LogP contribution in [-0.4, -0.2) is 26.3 Å². The number of thioether (sulfide) groups is 1. The highest BCUT2D eigenvalue weighted by atomic mass is 32.2. The molecular weight excluding hydrogens is 342 g/mol. The minimum Gasteiger partial charge on any atom is -0.493 e. The van der Waals surface area contributed by atoms with Crippen molar-refractivity contribution in [3.05, 3.63) is 40.6 Å². The summed E-state index contributed by atoms with van der Waals surface area (Å²) >= 11 is 1.16. The number of aromatic hydroxyl groups is 1. The fraction of sp³-hybridized carbons (Fsp3) is 0.471. The van der Waals surface area contributed by atoms with Crippen molar-refractivity contribution in [2.24, 2.45) is 0 Å². The second-order valence-corrected chi connectivity index (χ2v) is 7.08. The third-order valence-electron chi connectivity index (χ3n) is 4.28. The van der Waals surface area contributed by atoms with E-state index in [1.165, 1.54) is 0 Å². The van der Waals surface area contributed by atoms with Crippen LogP contribution in [0.3, 0.4) is 0 Å². The molecule has 1 aliphatic rings. The summed E-state index contributed by atoms with van der Waals surface area (Å²) in [6.45, 7) is 1.84. The molecule has 1 aliphatic carbocycles. The highest BCUT2D eigenvalue weighted by Gasteiger charge is 2.23. The van der Waals surface area contributed by atoms with Gasteiger partial charge >= 0.3 is 0 Å². The van der Waals surface area contributed by atoms with Crippen molar-refractivity contribution in [3.8, 4) is 5.88 Å². The Morgan fingerprint density at radius 2 is 2.28 bits per heavy atom. The first-order valence-electron chi connectivity index (χ1n) is 8.32. The summed E-state index contributed by atoms with van der Waals surface area (Å²) in [5.41, 5.74) is -0.272. The van der Waals surface area contributed by atoms with Crippen LogP contribution < -0.4 is 10.9 Å². The van der Waals surface area contributed by atoms with Gasteiger partial charge in [-0.15, -0.1) is 0 Å². The maximum atomic E-state index is 12.3. The molecule has 0 saturated heterocycles. The van der Waals surface area contributed by atoms with E-state index < -0.39 is 0 Å². The Balaban J connectivity index is 1.68. The molecule has 134 valence electrons. The Bertz CT molecular complexity index is 782. The fourth-order valence-electron chi connectivity index (χ4n) is 3.08. The Hall–Kier alpha value is -2.22. The van der Waals surface area contributed by atoms with Gasteiger partial charge in [0, 0.05) is 6.04 Å². The van der Waals surface area contributed by atoms with Crippen LogP contribution in [0, 0.1) is 0 Å². The molecule has 2 heterocycles. The second-order valence-electron chi connectivity index (χ2n) is 6.14. The molecule has 1 fully saturated rings. The summed E-state index contributed by atoms with van der Waals surface area (Å²) in [6, 6.07) is 4.54. The van der Waals surface area contributed by atoms with Crippen LogP contribution in [0.25, 0.3) is 0 Å². The van der Waals surface area contributed by atoms with Gasteiger partial charge in [0.25, 0.3) is 5.56 Å². The van der Waals surface area contributed by atoms with Gasteiger partial charge in [-0.05, 0) is 31.9 Å². The quantitative estimate of drug-likeness (QED) is 0.605. The number of amides is 1. The van der Waals surface area contributed by atoms with E-state index in [4.69, 9.17) is 4.42 Å². The van der Waals surface area contributed by atoms with E-state index in [1.54, 1.807) is 23.0 Å². The fourth-order valence-corrected chi connectivity index (χ4v) is 3.96. The summed E-state index contributed by atoms with van der Waals surface area (Å²) in [5, 5.41) is 12.9. The van der Waals surface area contributed by atoms with Gasteiger partial charge in [-0.3, -0.25) is 14.2 Å². The van der Waals surface area contributed by atoms with Crippen molar-refractivity contribution < 1.29 is 14.3 Å². The SMILES string of the molecule is CC(NC(=O)CSc1nc(O)cc(=O)n1C1CCCC1)c1ccco1. The first kappa shape index (κ1) is 17.6. The maximum Gasteiger partial charge on any atom is 0.258 e. The predicted octanol–water partition coefficient (Wildman–Crippen LogP) is 2.63. The molecule has 3 rings (SSSR count). The van der Waals surface area contributed by atoms with E-state index >= 15 is 0 Å². The van der Waals surface area contributed by atoms with Gasteiger partial charge in [-0.2, -0.15) is 4.98 Å². The molecule has 1 amide bonds. The summed E-state index contributed by atoms with van der Waals surface area (Å²) < 4.78 is 6.88. The highest BCUT2D eigenvalue weighted by molar-refractivity contribution is 7.99. The molecule has 1 atom stereocenters. The van der Waals surface area contributed by atoms with E-state index in [9.17, 15) is 14.7 Å². The number of hydrogen-bond donors (Lipinski definition) is 2. The zero-order valence-electron chi connectivity index (χ0n) is 14.0. The lowest BCUT2D eigenvalue weighted by atomic mass is 10.2. The topological polar surface area (TPSA) is 97.4 Å². The number of hydrogen-bond acceptors (Lipinski definition) is 6. The largest absolute Gasteiger partial charge is 0.493 e. The van der Waals surface area contributed by atoms with Gasteiger partial charge in [0.1, 0.15) is 5.76 Å². The summed E-state index contributed by atoms with van der Waals surface area (Å²) in [5.74, 6) is 0.278. The lowest BCUT2D eigenvalue weighted by Gasteiger charge is -2.17. The summed E-state index contributed by atoms with van der Waals surface area (Å²) in [6.07, 6.45) is 5.54. The van der Waals surface area contributed by atoms with Crippen LogP contribution in [0.1, 0.15) is 50.5 Å². The van der Waals surface area contributed by atoms with Crippen molar-refractivity contribution in [3.63, 3.8) is 0 Å². The second kappa shape index (κ2) is 7.77. The van der Waals surface area contributed by atoms with Crippen LogP contribution in [0.15, 0.2) is 38.8 Å². The normalized spacial score (nSPS) is 16.0. The summed E-state index contributed by atoms with van der Waals surface area (Å²) in [7, 11) is 0. The van der Waals surface area contributed by atoms with Gasteiger partial charge in [-0.25, -0.2) is 0 Å². The molecular formula is C17H21N3O4S. The Morgan fingerprint density at radius 3 is 2.96 bits per heavy atom. The van der Waals surface area contributed by atoms with E-state index in [-0.39, 0.29) is 35.2 Å². The van der Waals surface area contributed by atoms with E-state index in [0.717, 1.165) is 43.5 Å². The lowest BCUT2D eigenvalue weighted by molar-refractivity contribution is -0.119. The number of nitrogens with one attached hydrogen (secondary N) is 1. The summed E-state index contributed by atoms with van der Waals surface area (Å²) in [4.78, 5) is 28.5. The average Bonchev–Trinajstić information content (AvgIpc) is 3.25. The minimum absolute atomic E-state index is 0.0909. The predicted molar refractivity (Wildman–Crippen MR) is 93.7 cm³/mol. The zero-order chi connectivity index (χ0) is 17.8. The van der Waals surface area contributed by atoms with Crippen molar-refractivity contribution >= 4 is 17.7 Å². The maximum absolute atomic E-state index is 12.3. The molecule has 8 heteroatoms. The molecule has 1 saturated carbocycles. The van der Waals surface area contributed by atoms with Crippen molar-refractivity contribution in [1.82, 2.24) is 14.9 Å². The zero-order valence-corrected chi connectivity index (χ0v) is 14.8. The molecule has 2 N–H and O–H groups in total. The molecule has 0 bridgehead atoms. The van der Waals surface area contributed by atoms with Crippen molar-refractivity contribution in [2.75, 3.05) is 5.75 Å². The molecule has 1 unspecified atom stereocenters. The Kier molecular flexibility index (Phi) is 5.47. The monoisotopic (exact) mass is 363 g/mol. The third kappa shape index (κ3) is 4.25. The van der Waals surface area contributed by atoms with Gasteiger partial charge in [0.05, 0.1) is 24.1 Å². The van der Waals surface area contributed by atoms with Gasteiger partial charge in [-0.1, -0.05) is 24.6 Å².